The Bertz CT molecular complexity index is 835. The number of halogens is 1. The molecule has 7 heteroatoms. The molecule has 3 aromatic rings. The molecule has 1 heterocycles. The van der Waals surface area contributed by atoms with Crippen LogP contribution in [0.1, 0.15) is 6.92 Å². The van der Waals surface area contributed by atoms with Crippen LogP contribution in [0.15, 0.2) is 54.6 Å². The Balaban J connectivity index is 1.63. The highest BCUT2D eigenvalue weighted by molar-refractivity contribution is 6.30. The average molecular weight is 343 g/mol. The van der Waals surface area contributed by atoms with E-state index in [9.17, 15) is 4.79 Å². The molecule has 1 amide bonds. The van der Waals surface area contributed by atoms with Gasteiger partial charge in [-0.05, 0) is 25.1 Å². The summed E-state index contributed by atoms with van der Waals surface area (Å²) >= 11 is 5.89. The fourth-order valence-corrected chi connectivity index (χ4v) is 2.23. The molecule has 0 spiro atoms. The minimum Gasteiger partial charge on any atom is -0.481 e. The molecule has 0 aliphatic carbocycles. The third-order valence-electron chi connectivity index (χ3n) is 3.24. The van der Waals surface area contributed by atoms with Crippen LogP contribution in [0.2, 0.25) is 5.02 Å². The number of ether oxygens (including phenoxy) is 1. The van der Waals surface area contributed by atoms with Crippen LogP contribution < -0.4 is 10.1 Å². The average Bonchev–Trinajstić information content (AvgIpc) is 3.04. The molecular formula is C17H15ClN4O2. The molecule has 3 rings (SSSR count). The SMILES string of the molecule is C[C@H](Oc1cccc(Cl)c1)C(=O)Nc1nc(-c2ccccc2)n[nH]1. The van der Waals surface area contributed by atoms with E-state index in [0.717, 1.165) is 5.56 Å². The van der Waals surface area contributed by atoms with Crippen molar-refractivity contribution in [3.8, 4) is 17.1 Å². The van der Waals surface area contributed by atoms with Gasteiger partial charge >= 0.3 is 0 Å². The van der Waals surface area contributed by atoms with Gasteiger partial charge in [-0.3, -0.25) is 10.1 Å². The summed E-state index contributed by atoms with van der Waals surface area (Å²) in [5, 5.41) is 9.96. The standard InChI is InChI=1S/C17H15ClN4O2/c1-11(24-14-9-5-8-13(18)10-14)16(23)20-17-19-15(21-22-17)12-6-3-2-4-7-12/h2-11H,1H3,(H2,19,20,21,22,23)/t11-/m0/s1. The quantitative estimate of drug-likeness (QED) is 0.743. The summed E-state index contributed by atoms with van der Waals surface area (Å²) in [6, 6.07) is 16.3. The second-order valence-electron chi connectivity index (χ2n) is 5.08. The Hall–Kier alpha value is -2.86. The van der Waals surface area contributed by atoms with Gasteiger partial charge in [0.15, 0.2) is 11.9 Å². The molecular weight excluding hydrogens is 328 g/mol. The summed E-state index contributed by atoms with van der Waals surface area (Å²) < 4.78 is 5.56. The van der Waals surface area contributed by atoms with Crippen LogP contribution in [0, 0.1) is 0 Å². The largest absolute Gasteiger partial charge is 0.481 e. The van der Waals surface area contributed by atoms with Crippen molar-refractivity contribution < 1.29 is 9.53 Å². The second-order valence-corrected chi connectivity index (χ2v) is 5.52. The number of anilines is 1. The number of benzene rings is 2. The number of nitrogens with one attached hydrogen (secondary N) is 2. The van der Waals surface area contributed by atoms with Crippen LogP contribution in [0.25, 0.3) is 11.4 Å². The lowest BCUT2D eigenvalue weighted by Gasteiger charge is -2.13. The van der Waals surface area contributed by atoms with E-state index in [2.05, 4.69) is 20.5 Å². The first kappa shape index (κ1) is 16.0. The van der Waals surface area contributed by atoms with Gasteiger partial charge in [0.25, 0.3) is 5.91 Å². The van der Waals surface area contributed by atoms with Crippen molar-refractivity contribution in [2.24, 2.45) is 0 Å². The molecule has 2 N–H and O–H groups in total. The number of hydrogen-bond acceptors (Lipinski definition) is 4. The van der Waals surface area contributed by atoms with Crippen molar-refractivity contribution in [3.63, 3.8) is 0 Å². The van der Waals surface area contributed by atoms with E-state index in [1.54, 1.807) is 31.2 Å². The minimum absolute atomic E-state index is 0.264. The maximum atomic E-state index is 12.2. The van der Waals surface area contributed by atoms with Crippen molar-refractivity contribution >= 4 is 23.5 Å². The van der Waals surface area contributed by atoms with Gasteiger partial charge in [-0.1, -0.05) is 48.0 Å². The van der Waals surface area contributed by atoms with Crippen LogP contribution in [-0.4, -0.2) is 27.2 Å². The number of H-pyrrole nitrogens is 1. The summed E-state index contributed by atoms with van der Waals surface area (Å²) in [7, 11) is 0. The maximum Gasteiger partial charge on any atom is 0.267 e. The van der Waals surface area contributed by atoms with Crippen molar-refractivity contribution in [2.75, 3.05) is 5.32 Å². The molecule has 24 heavy (non-hydrogen) atoms. The molecule has 1 atom stereocenters. The molecule has 0 fully saturated rings. The van der Waals surface area contributed by atoms with E-state index in [1.807, 2.05) is 30.3 Å². The fourth-order valence-electron chi connectivity index (χ4n) is 2.05. The molecule has 0 saturated heterocycles. The van der Waals surface area contributed by atoms with E-state index < -0.39 is 6.10 Å². The smallest absolute Gasteiger partial charge is 0.267 e. The molecule has 0 saturated carbocycles. The third-order valence-corrected chi connectivity index (χ3v) is 3.47. The topological polar surface area (TPSA) is 79.9 Å². The van der Waals surface area contributed by atoms with Gasteiger partial charge in [-0.15, -0.1) is 0 Å². The summed E-state index contributed by atoms with van der Waals surface area (Å²) in [6.07, 6.45) is -0.714. The maximum absolute atomic E-state index is 12.2. The first-order chi connectivity index (χ1) is 11.6. The highest BCUT2D eigenvalue weighted by Gasteiger charge is 2.17. The molecule has 1 aromatic heterocycles. The predicted molar refractivity (Wildman–Crippen MR) is 92.0 cm³/mol. The summed E-state index contributed by atoms with van der Waals surface area (Å²) in [5.41, 5.74) is 0.859. The zero-order valence-corrected chi connectivity index (χ0v) is 13.6. The lowest BCUT2D eigenvalue weighted by molar-refractivity contribution is -0.122. The van der Waals surface area contributed by atoms with Gasteiger partial charge in [0.1, 0.15) is 5.75 Å². The van der Waals surface area contributed by atoms with Crippen LogP contribution in [0.5, 0.6) is 5.75 Å². The first-order valence-corrected chi connectivity index (χ1v) is 7.70. The van der Waals surface area contributed by atoms with E-state index in [0.29, 0.717) is 16.6 Å². The first-order valence-electron chi connectivity index (χ1n) is 7.33. The number of carbonyl (C=O) groups excluding carboxylic acids is 1. The van der Waals surface area contributed by atoms with Gasteiger partial charge in [0.2, 0.25) is 5.95 Å². The highest BCUT2D eigenvalue weighted by Crippen LogP contribution is 2.19. The van der Waals surface area contributed by atoms with Gasteiger partial charge in [-0.25, -0.2) is 5.10 Å². The Morgan fingerprint density at radius 1 is 1.21 bits per heavy atom. The van der Waals surface area contributed by atoms with Crippen molar-refractivity contribution in [1.82, 2.24) is 15.2 Å². The number of carbonyl (C=O) groups is 1. The van der Waals surface area contributed by atoms with Gasteiger partial charge in [0.05, 0.1) is 0 Å². The Kier molecular flexibility index (Phi) is 4.77. The molecule has 2 aromatic carbocycles. The van der Waals surface area contributed by atoms with E-state index >= 15 is 0 Å². The molecule has 0 unspecified atom stereocenters. The number of nitrogens with zero attached hydrogens (tertiary/aromatic N) is 2. The predicted octanol–water partition coefficient (Wildman–Crippen LogP) is 3.53. The van der Waals surface area contributed by atoms with E-state index in [1.165, 1.54) is 0 Å². The minimum atomic E-state index is -0.714. The number of amides is 1. The molecule has 0 aliphatic heterocycles. The normalized spacial score (nSPS) is 11.8. The lowest BCUT2D eigenvalue weighted by Crippen LogP contribution is -2.30. The van der Waals surface area contributed by atoms with Crippen molar-refractivity contribution in [2.45, 2.75) is 13.0 Å². The van der Waals surface area contributed by atoms with E-state index in [4.69, 9.17) is 16.3 Å². The number of aromatic amines is 1. The summed E-state index contributed by atoms with van der Waals surface area (Å²) in [5.74, 6) is 0.952. The van der Waals surface area contributed by atoms with Crippen LogP contribution in [0.3, 0.4) is 0 Å². The van der Waals surface area contributed by atoms with Crippen LogP contribution >= 0.6 is 11.6 Å². The molecule has 0 aliphatic rings. The summed E-state index contributed by atoms with van der Waals surface area (Å²) in [6.45, 7) is 1.64. The third kappa shape index (κ3) is 3.91. The van der Waals surface area contributed by atoms with Crippen LogP contribution in [0.4, 0.5) is 5.95 Å². The zero-order chi connectivity index (χ0) is 16.9. The van der Waals surface area contributed by atoms with Gasteiger partial charge in [0, 0.05) is 10.6 Å². The highest BCUT2D eigenvalue weighted by atomic mass is 35.5. The number of rotatable bonds is 5. The zero-order valence-electron chi connectivity index (χ0n) is 12.9. The number of aromatic nitrogens is 3. The Labute approximate surface area is 143 Å². The Morgan fingerprint density at radius 2 is 2.00 bits per heavy atom. The summed E-state index contributed by atoms with van der Waals surface area (Å²) in [4.78, 5) is 16.4. The molecule has 6 nitrogen and oxygen atoms in total. The van der Waals surface area contributed by atoms with E-state index in [-0.39, 0.29) is 11.9 Å². The monoisotopic (exact) mass is 342 g/mol. The van der Waals surface area contributed by atoms with Crippen molar-refractivity contribution in [3.05, 3.63) is 59.6 Å². The molecule has 0 radical (unpaired) electrons. The van der Waals surface area contributed by atoms with Crippen molar-refractivity contribution in [1.29, 1.82) is 0 Å². The second kappa shape index (κ2) is 7.14. The molecule has 122 valence electrons. The van der Waals surface area contributed by atoms with Crippen LogP contribution in [-0.2, 0) is 4.79 Å². The fraction of sp³-hybridized carbons (Fsp3) is 0.118. The molecule has 0 bridgehead atoms. The number of hydrogen-bond donors (Lipinski definition) is 2. The van der Waals surface area contributed by atoms with Gasteiger partial charge in [-0.2, -0.15) is 10.1 Å². The Morgan fingerprint density at radius 3 is 2.75 bits per heavy atom. The lowest BCUT2D eigenvalue weighted by atomic mass is 10.2. The van der Waals surface area contributed by atoms with Gasteiger partial charge < -0.3 is 4.74 Å².